The van der Waals surface area contributed by atoms with Crippen LogP contribution >= 0.6 is 0 Å². The molecule has 2 atom stereocenters. The van der Waals surface area contributed by atoms with E-state index in [-0.39, 0.29) is 5.92 Å². The molecule has 1 N–H and O–H groups in total. The Kier molecular flexibility index (Phi) is 16.7. The molecule has 0 radical (unpaired) electrons. The number of benzene rings is 1. The summed E-state index contributed by atoms with van der Waals surface area (Å²) in [5.41, 5.74) is 3.01. The molecule has 3 heteroatoms. The van der Waals surface area contributed by atoms with Gasteiger partial charge in [-0.3, -0.25) is 4.79 Å². The SMILES string of the molecule is CCCCCCCCCCCCCCCCC(CC=O)CC(C(=O)O)c1cc(C)ccc1C. The number of unbranched alkanes of at least 4 members (excludes halogenated alkanes) is 13. The number of aliphatic carboxylic acids is 1. The molecule has 1 aromatic carbocycles. The van der Waals surface area contributed by atoms with Crippen molar-refractivity contribution in [1.82, 2.24) is 0 Å². The smallest absolute Gasteiger partial charge is 0.310 e. The molecule has 0 heterocycles. The Hall–Kier alpha value is -1.64. The van der Waals surface area contributed by atoms with Gasteiger partial charge in [0.05, 0.1) is 5.92 Å². The molecule has 2 unspecified atom stereocenters. The molecule has 1 aromatic rings. The van der Waals surface area contributed by atoms with E-state index < -0.39 is 11.9 Å². The lowest BCUT2D eigenvalue weighted by Crippen LogP contribution is -2.18. The third kappa shape index (κ3) is 13.6. The molecule has 0 saturated heterocycles. The summed E-state index contributed by atoms with van der Waals surface area (Å²) >= 11 is 0. The van der Waals surface area contributed by atoms with Crippen molar-refractivity contribution >= 4 is 12.3 Å². The minimum atomic E-state index is -0.777. The number of carboxylic acids is 1. The van der Waals surface area contributed by atoms with Gasteiger partial charge in [0.25, 0.3) is 0 Å². The minimum Gasteiger partial charge on any atom is -0.481 e. The number of aryl methyl sites for hydroxylation is 2. The van der Waals surface area contributed by atoms with Crippen molar-refractivity contribution in [2.75, 3.05) is 0 Å². The van der Waals surface area contributed by atoms with Gasteiger partial charge in [-0.15, -0.1) is 0 Å². The summed E-state index contributed by atoms with van der Waals surface area (Å²) in [4.78, 5) is 23.2. The summed E-state index contributed by atoms with van der Waals surface area (Å²) in [5.74, 6) is -1.15. The number of hydrogen-bond acceptors (Lipinski definition) is 2. The Bertz CT molecular complexity index is 652. The second kappa shape index (κ2) is 18.7. The van der Waals surface area contributed by atoms with Crippen LogP contribution in [-0.4, -0.2) is 17.4 Å². The van der Waals surface area contributed by atoms with E-state index in [1.54, 1.807) is 0 Å². The summed E-state index contributed by atoms with van der Waals surface area (Å²) in [7, 11) is 0. The topological polar surface area (TPSA) is 54.4 Å². The first-order valence-electron chi connectivity index (χ1n) is 13.7. The van der Waals surface area contributed by atoms with Gasteiger partial charge in [-0.25, -0.2) is 0 Å². The third-order valence-corrected chi connectivity index (χ3v) is 7.07. The number of carbonyl (C=O) groups is 2. The van der Waals surface area contributed by atoms with Crippen LogP contribution in [0, 0.1) is 19.8 Å². The van der Waals surface area contributed by atoms with Gasteiger partial charge < -0.3 is 9.90 Å². The fourth-order valence-electron chi connectivity index (χ4n) is 4.93. The van der Waals surface area contributed by atoms with Crippen LogP contribution in [-0.2, 0) is 9.59 Å². The first-order chi connectivity index (χ1) is 16.0. The van der Waals surface area contributed by atoms with Crippen molar-refractivity contribution in [2.24, 2.45) is 5.92 Å². The molecule has 188 valence electrons. The van der Waals surface area contributed by atoms with E-state index >= 15 is 0 Å². The zero-order valence-electron chi connectivity index (χ0n) is 21.7. The van der Waals surface area contributed by atoms with Gasteiger partial charge in [0.15, 0.2) is 0 Å². The van der Waals surface area contributed by atoms with Crippen molar-refractivity contribution in [3.05, 3.63) is 34.9 Å². The lowest BCUT2D eigenvalue weighted by molar-refractivity contribution is -0.139. The second-order valence-electron chi connectivity index (χ2n) is 10.1. The molecule has 0 saturated carbocycles. The van der Waals surface area contributed by atoms with Crippen molar-refractivity contribution in [3.63, 3.8) is 0 Å². The van der Waals surface area contributed by atoms with Crippen LogP contribution in [0.25, 0.3) is 0 Å². The molecule has 0 aliphatic carbocycles. The Labute approximate surface area is 203 Å². The minimum absolute atomic E-state index is 0.154. The van der Waals surface area contributed by atoms with E-state index in [4.69, 9.17) is 0 Å². The normalized spacial score (nSPS) is 13.1. The van der Waals surface area contributed by atoms with Crippen LogP contribution in [0.5, 0.6) is 0 Å². The monoisotopic (exact) mass is 458 g/mol. The van der Waals surface area contributed by atoms with Crippen molar-refractivity contribution in [2.45, 2.75) is 136 Å². The molecule has 3 nitrogen and oxygen atoms in total. The van der Waals surface area contributed by atoms with E-state index in [1.165, 1.54) is 83.5 Å². The van der Waals surface area contributed by atoms with Crippen LogP contribution < -0.4 is 0 Å². The fraction of sp³-hybridized carbons (Fsp3) is 0.733. The first-order valence-corrected chi connectivity index (χ1v) is 13.7. The molecule has 33 heavy (non-hydrogen) atoms. The highest BCUT2D eigenvalue weighted by atomic mass is 16.4. The average Bonchev–Trinajstić information content (AvgIpc) is 2.79. The van der Waals surface area contributed by atoms with Gasteiger partial charge in [0.2, 0.25) is 0 Å². The maximum absolute atomic E-state index is 12.0. The molecule has 0 fully saturated rings. The predicted octanol–water partition coefficient (Wildman–Crippen LogP) is 8.94. The maximum atomic E-state index is 12.0. The van der Waals surface area contributed by atoms with Gasteiger partial charge in [0, 0.05) is 6.42 Å². The second-order valence-corrected chi connectivity index (χ2v) is 10.1. The van der Waals surface area contributed by atoms with Crippen LogP contribution in [0.2, 0.25) is 0 Å². The van der Waals surface area contributed by atoms with Crippen molar-refractivity contribution in [1.29, 1.82) is 0 Å². The summed E-state index contributed by atoms with van der Waals surface area (Å²) in [6.45, 7) is 6.25. The molecule has 0 bridgehead atoms. The van der Waals surface area contributed by atoms with Crippen molar-refractivity contribution < 1.29 is 14.7 Å². The zero-order chi connectivity index (χ0) is 24.3. The summed E-state index contributed by atoms with van der Waals surface area (Å²) in [5, 5.41) is 9.87. The number of carboxylic acid groups (broad SMARTS) is 1. The van der Waals surface area contributed by atoms with E-state index in [2.05, 4.69) is 6.92 Å². The zero-order valence-corrected chi connectivity index (χ0v) is 21.7. The number of carbonyl (C=O) groups excluding carboxylic acids is 1. The Balaban J connectivity index is 2.24. The van der Waals surface area contributed by atoms with Crippen LogP contribution in [0.4, 0.5) is 0 Å². The van der Waals surface area contributed by atoms with Gasteiger partial charge >= 0.3 is 5.97 Å². The van der Waals surface area contributed by atoms with Crippen LogP contribution in [0.1, 0.15) is 139 Å². The third-order valence-electron chi connectivity index (χ3n) is 7.07. The molecule has 0 aliphatic rings. The highest BCUT2D eigenvalue weighted by Crippen LogP contribution is 2.31. The number of rotatable bonds is 21. The number of hydrogen-bond donors (Lipinski definition) is 1. The van der Waals surface area contributed by atoms with E-state index in [0.717, 1.165) is 35.8 Å². The fourth-order valence-corrected chi connectivity index (χ4v) is 4.93. The van der Waals surface area contributed by atoms with Crippen molar-refractivity contribution in [3.8, 4) is 0 Å². The van der Waals surface area contributed by atoms with Crippen LogP contribution in [0.15, 0.2) is 18.2 Å². The average molecular weight is 459 g/mol. The van der Waals surface area contributed by atoms with E-state index in [0.29, 0.717) is 12.8 Å². The van der Waals surface area contributed by atoms with Gasteiger partial charge in [0.1, 0.15) is 6.29 Å². The van der Waals surface area contributed by atoms with Crippen LogP contribution in [0.3, 0.4) is 0 Å². The highest BCUT2D eigenvalue weighted by molar-refractivity contribution is 5.76. The molecule has 0 aromatic heterocycles. The van der Waals surface area contributed by atoms with Gasteiger partial charge in [-0.2, -0.15) is 0 Å². The summed E-state index contributed by atoms with van der Waals surface area (Å²) in [6, 6.07) is 6.02. The largest absolute Gasteiger partial charge is 0.481 e. The standard InChI is InChI=1S/C30H50O3/c1-4-5-6-7-8-9-10-11-12-13-14-15-16-17-18-27(21-22-31)24-29(30(32)33)28-23-25(2)19-20-26(28)3/h19-20,22-23,27,29H,4-18,21,24H2,1-3H3,(H,32,33). The quantitative estimate of drug-likeness (QED) is 0.148. The number of aldehydes is 1. The maximum Gasteiger partial charge on any atom is 0.310 e. The molecule has 0 amide bonds. The van der Waals surface area contributed by atoms with Gasteiger partial charge in [-0.05, 0) is 43.7 Å². The Morgan fingerprint density at radius 2 is 1.36 bits per heavy atom. The molecule has 1 rings (SSSR count). The Morgan fingerprint density at radius 3 is 1.85 bits per heavy atom. The first kappa shape index (κ1) is 29.4. The summed E-state index contributed by atoms with van der Waals surface area (Å²) < 4.78 is 0. The lowest BCUT2D eigenvalue weighted by atomic mass is 9.82. The molecular formula is C30H50O3. The Morgan fingerprint density at radius 1 is 0.848 bits per heavy atom. The summed E-state index contributed by atoms with van der Waals surface area (Å²) in [6.07, 6.45) is 21.6. The van der Waals surface area contributed by atoms with Gasteiger partial charge in [-0.1, -0.05) is 121 Å². The molecule has 0 aliphatic heterocycles. The van der Waals surface area contributed by atoms with E-state index in [1.807, 2.05) is 32.0 Å². The van der Waals surface area contributed by atoms with E-state index in [9.17, 15) is 14.7 Å². The molecular weight excluding hydrogens is 408 g/mol. The molecule has 0 spiro atoms. The predicted molar refractivity (Wildman–Crippen MR) is 140 cm³/mol. The lowest BCUT2D eigenvalue weighted by Gasteiger charge is -2.21. The highest BCUT2D eigenvalue weighted by Gasteiger charge is 2.25.